The molecule has 0 aliphatic rings. The summed E-state index contributed by atoms with van der Waals surface area (Å²) in [5.74, 6) is -1.06. The van der Waals surface area contributed by atoms with E-state index in [0.717, 1.165) is 11.1 Å². The Morgan fingerprint density at radius 3 is 2.19 bits per heavy atom. The Morgan fingerprint density at radius 1 is 0.926 bits per heavy atom. The number of rotatable bonds is 3. The van der Waals surface area contributed by atoms with Crippen molar-refractivity contribution >= 4 is 5.97 Å². The molecule has 0 bridgehead atoms. The lowest BCUT2D eigenvalue weighted by molar-refractivity contribution is 0.0695. The predicted molar refractivity (Wildman–Crippen MR) is 101 cm³/mol. The molecule has 27 heavy (non-hydrogen) atoms. The number of halogens is 1. The molecule has 1 N–H and O–H groups in total. The second-order valence-corrected chi connectivity index (χ2v) is 6.87. The number of carboxylic acids is 1. The second kappa shape index (κ2) is 6.61. The molecule has 0 spiro atoms. The molecule has 3 rings (SSSR count). The van der Waals surface area contributed by atoms with E-state index in [1.54, 1.807) is 39.8 Å². The van der Waals surface area contributed by atoms with Gasteiger partial charge >= 0.3 is 5.97 Å². The molecule has 0 fully saturated rings. The van der Waals surface area contributed by atoms with Crippen molar-refractivity contribution in [3.8, 4) is 22.8 Å². The van der Waals surface area contributed by atoms with Gasteiger partial charge in [0, 0.05) is 5.56 Å². The van der Waals surface area contributed by atoms with Crippen molar-refractivity contribution < 1.29 is 18.8 Å². The van der Waals surface area contributed by atoms with Crippen molar-refractivity contribution in [1.82, 2.24) is 10.1 Å². The fourth-order valence-electron chi connectivity index (χ4n) is 3.47. The number of hydrogen-bond donors (Lipinski definition) is 1. The summed E-state index contributed by atoms with van der Waals surface area (Å²) in [6.45, 7) is 10.7. The molecule has 1 heterocycles. The fourth-order valence-corrected chi connectivity index (χ4v) is 3.47. The Hall–Kier alpha value is -3.02. The molecule has 0 amide bonds. The van der Waals surface area contributed by atoms with Gasteiger partial charge in [0.25, 0.3) is 5.89 Å². The lowest BCUT2D eigenvalue weighted by atomic mass is 9.88. The molecule has 6 heteroatoms. The van der Waals surface area contributed by atoms with Gasteiger partial charge in [-0.1, -0.05) is 17.3 Å². The first-order chi connectivity index (χ1) is 12.6. The zero-order valence-corrected chi connectivity index (χ0v) is 16.2. The third kappa shape index (κ3) is 2.91. The van der Waals surface area contributed by atoms with E-state index in [1.807, 2.05) is 13.8 Å². The molecule has 0 saturated carbocycles. The van der Waals surface area contributed by atoms with Gasteiger partial charge in [-0.2, -0.15) is 4.98 Å². The number of aromatic carboxylic acids is 1. The van der Waals surface area contributed by atoms with Crippen LogP contribution in [0.1, 0.15) is 43.7 Å². The van der Waals surface area contributed by atoms with Crippen LogP contribution in [0.4, 0.5) is 4.39 Å². The minimum Gasteiger partial charge on any atom is -0.478 e. The molecular formula is C21H21FN2O3. The fraction of sp³-hybridized carbons (Fsp3) is 0.286. The maximum atomic E-state index is 14.6. The number of hydrogen-bond acceptors (Lipinski definition) is 4. The standard InChI is InChI=1S/C21H21FN2O3/c1-9-7-8-10(2)18(22)15(9)20-23-19(24-27-20)16-12(4)11(3)13(5)17(14(16)6)21(25)26/h7-8H,1-6H3,(H,25,26). The molecule has 140 valence electrons. The van der Waals surface area contributed by atoms with Crippen molar-refractivity contribution in [3.05, 3.63) is 56.9 Å². The summed E-state index contributed by atoms with van der Waals surface area (Å²) < 4.78 is 20.0. The van der Waals surface area contributed by atoms with Crippen LogP contribution in [0, 0.1) is 47.4 Å². The zero-order valence-electron chi connectivity index (χ0n) is 16.2. The zero-order chi connectivity index (χ0) is 20.0. The van der Waals surface area contributed by atoms with E-state index in [-0.39, 0.29) is 22.8 Å². The van der Waals surface area contributed by atoms with Gasteiger partial charge in [-0.05, 0) is 74.9 Å². The summed E-state index contributed by atoms with van der Waals surface area (Å²) in [6.07, 6.45) is 0. The highest BCUT2D eigenvalue weighted by atomic mass is 19.1. The van der Waals surface area contributed by atoms with Crippen LogP contribution < -0.4 is 0 Å². The van der Waals surface area contributed by atoms with Crippen molar-refractivity contribution in [2.45, 2.75) is 41.5 Å². The van der Waals surface area contributed by atoms with Crippen LogP contribution in [0.3, 0.4) is 0 Å². The Kier molecular flexibility index (Phi) is 4.59. The van der Waals surface area contributed by atoms with E-state index in [2.05, 4.69) is 10.1 Å². The predicted octanol–water partition coefficient (Wildman–Crippen LogP) is 5.09. The SMILES string of the molecule is Cc1ccc(C)c(-c2nc(-c3c(C)c(C)c(C)c(C(=O)O)c3C)no2)c1F. The van der Waals surface area contributed by atoms with Gasteiger partial charge in [0.1, 0.15) is 5.82 Å². The summed E-state index contributed by atoms with van der Waals surface area (Å²) in [5, 5.41) is 13.6. The van der Waals surface area contributed by atoms with Crippen LogP contribution in [0.2, 0.25) is 0 Å². The quantitative estimate of drug-likeness (QED) is 0.697. The molecule has 0 atom stereocenters. The highest BCUT2D eigenvalue weighted by Gasteiger charge is 2.24. The average Bonchev–Trinajstić information content (AvgIpc) is 3.05. The Labute approximate surface area is 156 Å². The molecule has 3 aromatic rings. The van der Waals surface area contributed by atoms with Crippen molar-refractivity contribution in [1.29, 1.82) is 0 Å². The Bertz CT molecular complexity index is 1080. The second-order valence-electron chi connectivity index (χ2n) is 6.87. The molecule has 0 aliphatic carbocycles. The number of aromatic nitrogens is 2. The van der Waals surface area contributed by atoms with Crippen molar-refractivity contribution in [2.24, 2.45) is 0 Å². The van der Waals surface area contributed by atoms with Gasteiger partial charge in [0.2, 0.25) is 5.82 Å². The maximum Gasteiger partial charge on any atom is 0.336 e. The third-order valence-corrected chi connectivity index (χ3v) is 5.25. The van der Waals surface area contributed by atoms with Gasteiger partial charge in [0.05, 0.1) is 11.1 Å². The number of carbonyl (C=O) groups is 1. The highest BCUT2D eigenvalue weighted by Crippen LogP contribution is 2.35. The van der Waals surface area contributed by atoms with Gasteiger partial charge in [-0.25, -0.2) is 9.18 Å². The van der Waals surface area contributed by atoms with Crippen LogP contribution in [-0.4, -0.2) is 21.2 Å². The Morgan fingerprint density at radius 2 is 1.56 bits per heavy atom. The molecule has 0 unspecified atom stereocenters. The van der Waals surface area contributed by atoms with Crippen LogP contribution in [0.5, 0.6) is 0 Å². The first-order valence-corrected chi connectivity index (χ1v) is 8.58. The largest absolute Gasteiger partial charge is 0.478 e. The summed E-state index contributed by atoms with van der Waals surface area (Å²) in [7, 11) is 0. The lowest BCUT2D eigenvalue weighted by Crippen LogP contribution is -2.09. The number of aryl methyl sites for hydroxylation is 2. The minimum absolute atomic E-state index is 0.0811. The molecule has 0 saturated heterocycles. The van der Waals surface area contributed by atoms with Crippen molar-refractivity contribution in [2.75, 3.05) is 0 Å². The van der Waals surface area contributed by atoms with Gasteiger partial charge in [-0.3, -0.25) is 0 Å². The summed E-state index contributed by atoms with van der Waals surface area (Å²) in [6, 6.07) is 3.49. The first-order valence-electron chi connectivity index (χ1n) is 8.58. The normalized spacial score (nSPS) is 11.1. The first kappa shape index (κ1) is 18.8. The van der Waals surface area contributed by atoms with Crippen molar-refractivity contribution in [3.63, 3.8) is 0 Å². The number of benzene rings is 2. The van der Waals surface area contributed by atoms with E-state index in [4.69, 9.17) is 4.52 Å². The van der Waals surface area contributed by atoms with Crippen LogP contribution in [-0.2, 0) is 0 Å². The van der Waals surface area contributed by atoms with Gasteiger partial charge < -0.3 is 9.63 Å². The number of nitrogens with zero attached hydrogens (tertiary/aromatic N) is 2. The monoisotopic (exact) mass is 368 g/mol. The summed E-state index contributed by atoms with van der Waals surface area (Å²) >= 11 is 0. The van der Waals surface area contributed by atoms with Crippen LogP contribution in [0.15, 0.2) is 16.7 Å². The maximum absolute atomic E-state index is 14.6. The van der Waals surface area contributed by atoms with E-state index in [0.29, 0.717) is 27.8 Å². The molecule has 5 nitrogen and oxygen atoms in total. The van der Waals surface area contributed by atoms with Gasteiger partial charge in [0.15, 0.2) is 0 Å². The third-order valence-electron chi connectivity index (χ3n) is 5.25. The molecule has 0 aliphatic heterocycles. The Balaban J connectivity index is 2.25. The molecule has 1 aromatic heterocycles. The summed E-state index contributed by atoms with van der Waals surface area (Å²) in [5.41, 5.74) is 5.30. The number of carboxylic acid groups (broad SMARTS) is 1. The van der Waals surface area contributed by atoms with Crippen LogP contribution in [0.25, 0.3) is 22.8 Å². The topological polar surface area (TPSA) is 76.2 Å². The molecular weight excluding hydrogens is 347 g/mol. The van der Waals surface area contributed by atoms with Gasteiger partial charge in [-0.15, -0.1) is 0 Å². The van der Waals surface area contributed by atoms with E-state index >= 15 is 0 Å². The summed E-state index contributed by atoms with van der Waals surface area (Å²) in [4.78, 5) is 16.1. The smallest absolute Gasteiger partial charge is 0.336 e. The average molecular weight is 368 g/mol. The molecule has 0 radical (unpaired) electrons. The van der Waals surface area contributed by atoms with E-state index in [1.165, 1.54) is 0 Å². The highest BCUT2D eigenvalue weighted by molar-refractivity contribution is 5.94. The van der Waals surface area contributed by atoms with E-state index in [9.17, 15) is 14.3 Å². The van der Waals surface area contributed by atoms with E-state index < -0.39 is 11.8 Å². The lowest BCUT2D eigenvalue weighted by Gasteiger charge is -2.16. The minimum atomic E-state index is -1.00. The van der Waals surface area contributed by atoms with Crippen LogP contribution >= 0.6 is 0 Å². The molecule has 2 aromatic carbocycles.